The third-order valence-corrected chi connectivity index (χ3v) is 5.41. The van der Waals surface area contributed by atoms with Crippen molar-refractivity contribution in [3.8, 4) is 11.1 Å². The lowest BCUT2D eigenvalue weighted by Crippen LogP contribution is -2.09. The molecule has 0 saturated carbocycles. The molecule has 0 unspecified atom stereocenters. The van der Waals surface area contributed by atoms with E-state index < -0.39 is 0 Å². The van der Waals surface area contributed by atoms with E-state index in [1.165, 1.54) is 39.2 Å². The molecule has 0 amide bonds. The summed E-state index contributed by atoms with van der Waals surface area (Å²) in [5.41, 5.74) is 9.89. The number of hydrogen-bond acceptors (Lipinski definition) is 1. The number of aryl methyl sites for hydroxylation is 3. The number of benzene rings is 4. The minimum absolute atomic E-state index is 1.07. The zero-order valence-electron chi connectivity index (χ0n) is 17.4. The Labute approximate surface area is 174 Å². The first-order chi connectivity index (χ1) is 14.1. The average Bonchev–Trinajstić information content (AvgIpc) is 2.77. The van der Waals surface area contributed by atoms with E-state index in [2.05, 4.69) is 123 Å². The summed E-state index contributed by atoms with van der Waals surface area (Å²) < 4.78 is 0. The first-order valence-electron chi connectivity index (χ1n) is 10.3. The first-order valence-corrected chi connectivity index (χ1v) is 10.3. The van der Waals surface area contributed by atoms with Crippen LogP contribution in [0.25, 0.3) is 11.1 Å². The van der Waals surface area contributed by atoms with Gasteiger partial charge in [0.05, 0.1) is 0 Å². The van der Waals surface area contributed by atoms with Gasteiger partial charge in [0.15, 0.2) is 0 Å². The molecule has 29 heavy (non-hydrogen) atoms. The van der Waals surface area contributed by atoms with Gasteiger partial charge >= 0.3 is 0 Å². The zero-order chi connectivity index (χ0) is 20.2. The van der Waals surface area contributed by atoms with Crippen molar-refractivity contribution in [3.63, 3.8) is 0 Å². The minimum atomic E-state index is 1.07. The molecule has 4 aromatic carbocycles. The van der Waals surface area contributed by atoms with E-state index >= 15 is 0 Å². The maximum atomic E-state index is 2.31. The monoisotopic (exact) mass is 377 g/mol. The normalized spacial score (nSPS) is 10.7. The van der Waals surface area contributed by atoms with Crippen LogP contribution in [0.3, 0.4) is 0 Å². The molecule has 4 rings (SSSR count). The van der Waals surface area contributed by atoms with E-state index in [0.717, 1.165) is 12.1 Å². The van der Waals surface area contributed by atoms with Crippen LogP contribution in [0.15, 0.2) is 97.1 Å². The van der Waals surface area contributed by atoms with E-state index in [9.17, 15) is 0 Å². The average molecular weight is 378 g/mol. The van der Waals surface area contributed by atoms with Crippen LogP contribution in [0.4, 0.5) is 17.1 Å². The molecule has 4 aromatic rings. The summed E-state index contributed by atoms with van der Waals surface area (Å²) >= 11 is 0. The Morgan fingerprint density at radius 3 is 1.21 bits per heavy atom. The van der Waals surface area contributed by atoms with Crippen molar-refractivity contribution < 1.29 is 0 Å². The molecule has 0 saturated heterocycles. The van der Waals surface area contributed by atoms with Gasteiger partial charge in [-0.25, -0.2) is 0 Å². The highest BCUT2D eigenvalue weighted by Gasteiger charge is 2.12. The smallest absolute Gasteiger partial charge is 0.0462 e. The van der Waals surface area contributed by atoms with Crippen molar-refractivity contribution in [2.45, 2.75) is 27.2 Å². The van der Waals surface area contributed by atoms with E-state index in [4.69, 9.17) is 0 Å². The zero-order valence-corrected chi connectivity index (χ0v) is 17.4. The summed E-state index contributed by atoms with van der Waals surface area (Å²) in [5.74, 6) is 0. The molecule has 0 aliphatic rings. The van der Waals surface area contributed by atoms with Gasteiger partial charge in [0, 0.05) is 17.1 Å². The molecule has 0 fully saturated rings. The Morgan fingerprint density at radius 2 is 0.828 bits per heavy atom. The Bertz CT molecular complexity index is 1010. The van der Waals surface area contributed by atoms with Gasteiger partial charge < -0.3 is 4.90 Å². The van der Waals surface area contributed by atoms with Crippen molar-refractivity contribution >= 4 is 17.1 Å². The maximum absolute atomic E-state index is 2.31. The van der Waals surface area contributed by atoms with Crippen LogP contribution in [0.2, 0.25) is 0 Å². The molecule has 0 N–H and O–H groups in total. The van der Waals surface area contributed by atoms with Gasteiger partial charge in [-0.15, -0.1) is 0 Å². The second-order valence-corrected chi connectivity index (χ2v) is 7.60. The van der Waals surface area contributed by atoms with E-state index in [1.807, 2.05) is 0 Å². The molecule has 0 heterocycles. The van der Waals surface area contributed by atoms with E-state index in [-0.39, 0.29) is 0 Å². The SMILES string of the molecule is CCc1ccc(-c2ccc(N(c3ccc(C)cc3)c3ccc(C)cc3)cc2)cc1. The second kappa shape index (κ2) is 8.36. The van der Waals surface area contributed by atoms with Gasteiger partial charge in [-0.1, -0.05) is 78.7 Å². The molecule has 0 spiro atoms. The lowest BCUT2D eigenvalue weighted by molar-refractivity contribution is 1.14. The Kier molecular flexibility index (Phi) is 5.48. The van der Waals surface area contributed by atoms with Crippen LogP contribution in [0, 0.1) is 13.8 Å². The lowest BCUT2D eigenvalue weighted by Gasteiger charge is -2.26. The predicted octanol–water partition coefficient (Wildman–Crippen LogP) is 8.00. The van der Waals surface area contributed by atoms with Crippen LogP contribution in [-0.4, -0.2) is 0 Å². The number of anilines is 3. The second-order valence-electron chi connectivity index (χ2n) is 7.60. The molecule has 0 aromatic heterocycles. The molecular formula is C28H27N. The standard InChI is InChI=1S/C28H27N/c1-4-23-9-11-24(12-10-23)25-13-19-28(20-14-25)29(26-15-5-21(2)6-16-26)27-17-7-22(3)8-18-27/h5-20H,4H2,1-3H3. The van der Waals surface area contributed by atoms with Crippen LogP contribution >= 0.6 is 0 Å². The van der Waals surface area contributed by atoms with Crippen molar-refractivity contribution in [2.24, 2.45) is 0 Å². The molecule has 0 atom stereocenters. The quantitative estimate of drug-likeness (QED) is 0.340. The fourth-order valence-electron chi connectivity index (χ4n) is 3.57. The Hall–Kier alpha value is -3.32. The summed E-state index contributed by atoms with van der Waals surface area (Å²) in [4.78, 5) is 2.31. The van der Waals surface area contributed by atoms with Gasteiger partial charge in [-0.2, -0.15) is 0 Å². The van der Waals surface area contributed by atoms with Gasteiger partial charge in [-0.3, -0.25) is 0 Å². The van der Waals surface area contributed by atoms with Crippen LogP contribution in [0.1, 0.15) is 23.6 Å². The van der Waals surface area contributed by atoms with Gasteiger partial charge in [0.1, 0.15) is 0 Å². The fourth-order valence-corrected chi connectivity index (χ4v) is 3.57. The molecule has 1 nitrogen and oxygen atoms in total. The molecule has 0 radical (unpaired) electrons. The molecule has 0 aliphatic carbocycles. The van der Waals surface area contributed by atoms with Gasteiger partial charge in [-0.05, 0) is 73.4 Å². The fraction of sp³-hybridized carbons (Fsp3) is 0.143. The number of nitrogens with zero attached hydrogens (tertiary/aromatic N) is 1. The largest absolute Gasteiger partial charge is 0.311 e. The molecule has 1 heteroatoms. The molecule has 0 aliphatic heterocycles. The summed E-state index contributed by atoms with van der Waals surface area (Å²) in [6.45, 7) is 6.44. The highest BCUT2D eigenvalue weighted by Crippen LogP contribution is 2.35. The summed E-state index contributed by atoms with van der Waals surface area (Å²) in [6, 6.07) is 35.1. The lowest BCUT2D eigenvalue weighted by atomic mass is 10.0. The number of rotatable bonds is 5. The van der Waals surface area contributed by atoms with Gasteiger partial charge in [0.25, 0.3) is 0 Å². The van der Waals surface area contributed by atoms with Crippen molar-refractivity contribution in [1.82, 2.24) is 0 Å². The summed E-state index contributed by atoms with van der Waals surface area (Å²) in [5, 5.41) is 0. The predicted molar refractivity (Wildman–Crippen MR) is 125 cm³/mol. The number of hydrogen-bond donors (Lipinski definition) is 0. The highest BCUT2D eigenvalue weighted by molar-refractivity contribution is 5.78. The molecule has 144 valence electrons. The van der Waals surface area contributed by atoms with Crippen LogP contribution in [-0.2, 0) is 6.42 Å². The molecular weight excluding hydrogens is 350 g/mol. The highest BCUT2D eigenvalue weighted by atomic mass is 15.1. The van der Waals surface area contributed by atoms with Crippen molar-refractivity contribution in [1.29, 1.82) is 0 Å². The first kappa shape index (κ1) is 19.0. The maximum Gasteiger partial charge on any atom is 0.0462 e. The van der Waals surface area contributed by atoms with Crippen molar-refractivity contribution in [2.75, 3.05) is 4.90 Å². The Balaban J connectivity index is 1.72. The third-order valence-electron chi connectivity index (χ3n) is 5.41. The van der Waals surface area contributed by atoms with E-state index in [1.54, 1.807) is 0 Å². The minimum Gasteiger partial charge on any atom is -0.311 e. The van der Waals surface area contributed by atoms with Crippen LogP contribution < -0.4 is 4.90 Å². The Morgan fingerprint density at radius 1 is 0.483 bits per heavy atom. The summed E-state index contributed by atoms with van der Waals surface area (Å²) in [6.07, 6.45) is 1.07. The third kappa shape index (κ3) is 4.25. The topological polar surface area (TPSA) is 3.24 Å². The van der Waals surface area contributed by atoms with E-state index in [0.29, 0.717) is 0 Å². The molecule has 0 bridgehead atoms. The van der Waals surface area contributed by atoms with Crippen LogP contribution in [0.5, 0.6) is 0 Å². The van der Waals surface area contributed by atoms with Crippen molar-refractivity contribution in [3.05, 3.63) is 114 Å². The summed E-state index contributed by atoms with van der Waals surface area (Å²) in [7, 11) is 0. The van der Waals surface area contributed by atoms with Gasteiger partial charge in [0.2, 0.25) is 0 Å².